The quantitative estimate of drug-likeness (QED) is 0.717. The van der Waals surface area contributed by atoms with Crippen molar-refractivity contribution in [3.63, 3.8) is 0 Å². The highest BCUT2D eigenvalue weighted by Crippen LogP contribution is 2.40. The van der Waals surface area contributed by atoms with Crippen LogP contribution >= 0.6 is 0 Å². The highest BCUT2D eigenvalue weighted by atomic mass is 19.1. The second kappa shape index (κ2) is 3.50. The Hall–Kier alpha value is -1.64. The summed E-state index contributed by atoms with van der Waals surface area (Å²) in [7, 11) is 0. The number of benzene rings is 1. The van der Waals surface area contributed by atoms with E-state index in [-0.39, 0.29) is 11.7 Å². The Morgan fingerprint density at radius 2 is 2.33 bits per heavy atom. The maximum atomic E-state index is 13.0. The molecule has 3 heteroatoms. The van der Waals surface area contributed by atoms with Crippen molar-refractivity contribution in [2.24, 2.45) is 0 Å². The largest absolute Gasteiger partial charge is 0.478 e. The van der Waals surface area contributed by atoms with E-state index in [1.54, 1.807) is 6.07 Å². The molecule has 1 aliphatic rings. The van der Waals surface area contributed by atoms with Crippen LogP contribution in [0.5, 0.6) is 0 Å². The van der Waals surface area contributed by atoms with Gasteiger partial charge in [-0.15, -0.1) is 0 Å². The summed E-state index contributed by atoms with van der Waals surface area (Å²) < 4.78 is 13.0. The Kier molecular flexibility index (Phi) is 2.31. The van der Waals surface area contributed by atoms with Crippen molar-refractivity contribution in [2.75, 3.05) is 0 Å². The molecule has 78 valence electrons. The van der Waals surface area contributed by atoms with Gasteiger partial charge in [-0.25, -0.2) is 9.18 Å². The number of carboxylic acids is 1. The summed E-state index contributed by atoms with van der Waals surface area (Å²) in [5.74, 6) is -1.03. The minimum atomic E-state index is -0.977. The van der Waals surface area contributed by atoms with Gasteiger partial charge in [-0.05, 0) is 41.2 Å². The third-order valence-corrected chi connectivity index (χ3v) is 2.72. The molecule has 1 aromatic rings. The lowest BCUT2D eigenvalue weighted by Crippen LogP contribution is -1.90. The molecule has 0 amide bonds. The maximum absolute atomic E-state index is 13.0. The minimum absolute atomic E-state index is 0.270. The van der Waals surface area contributed by atoms with Crippen LogP contribution in [0, 0.1) is 5.82 Å². The normalized spacial score (nSPS) is 21.7. The molecule has 0 saturated carbocycles. The second-order valence-electron chi connectivity index (χ2n) is 3.84. The zero-order valence-electron chi connectivity index (χ0n) is 8.33. The molecule has 2 rings (SSSR count). The van der Waals surface area contributed by atoms with Crippen molar-refractivity contribution in [2.45, 2.75) is 19.3 Å². The predicted molar refractivity (Wildman–Crippen MR) is 55.0 cm³/mol. The summed E-state index contributed by atoms with van der Waals surface area (Å²) in [4.78, 5) is 10.6. The maximum Gasteiger partial charge on any atom is 0.328 e. The van der Waals surface area contributed by atoms with Crippen molar-refractivity contribution in [1.29, 1.82) is 0 Å². The van der Waals surface area contributed by atoms with Crippen LogP contribution in [-0.2, 0) is 4.79 Å². The van der Waals surface area contributed by atoms with E-state index in [0.717, 1.165) is 11.1 Å². The Labute approximate surface area is 87.0 Å². The van der Waals surface area contributed by atoms with Crippen molar-refractivity contribution in [3.8, 4) is 0 Å². The Morgan fingerprint density at radius 3 is 3.00 bits per heavy atom. The molecule has 0 aliphatic heterocycles. The van der Waals surface area contributed by atoms with Crippen molar-refractivity contribution >= 4 is 11.5 Å². The lowest BCUT2D eigenvalue weighted by atomic mass is 10.0. The van der Waals surface area contributed by atoms with Gasteiger partial charge in [0.1, 0.15) is 5.82 Å². The van der Waals surface area contributed by atoms with Gasteiger partial charge >= 0.3 is 5.97 Å². The van der Waals surface area contributed by atoms with E-state index in [0.29, 0.717) is 12.0 Å². The van der Waals surface area contributed by atoms with Gasteiger partial charge in [0, 0.05) is 6.08 Å². The highest BCUT2D eigenvalue weighted by Gasteiger charge is 2.23. The molecule has 1 atom stereocenters. The summed E-state index contributed by atoms with van der Waals surface area (Å²) >= 11 is 0. The van der Waals surface area contributed by atoms with Crippen LogP contribution < -0.4 is 0 Å². The van der Waals surface area contributed by atoms with E-state index >= 15 is 0 Å². The number of carbonyl (C=O) groups is 1. The summed E-state index contributed by atoms with van der Waals surface area (Å²) in [5.41, 5.74) is 2.48. The summed E-state index contributed by atoms with van der Waals surface area (Å²) in [6, 6.07) is 4.56. The zero-order chi connectivity index (χ0) is 11.0. The van der Waals surface area contributed by atoms with Gasteiger partial charge in [0.05, 0.1) is 0 Å². The van der Waals surface area contributed by atoms with Gasteiger partial charge in [-0.2, -0.15) is 0 Å². The SMILES string of the molecule is CC1C/C(=C/C(=O)O)c2cc(F)ccc21. The minimum Gasteiger partial charge on any atom is -0.478 e. The van der Waals surface area contributed by atoms with Gasteiger partial charge in [-0.3, -0.25) is 0 Å². The molecule has 2 nitrogen and oxygen atoms in total. The van der Waals surface area contributed by atoms with Crippen molar-refractivity contribution in [1.82, 2.24) is 0 Å². The van der Waals surface area contributed by atoms with E-state index in [4.69, 9.17) is 5.11 Å². The van der Waals surface area contributed by atoms with Crippen LogP contribution in [0.4, 0.5) is 4.39 Å². The van der Waals surface area contributed by atoms with Crippen LogP contribution in [0.3, 0.4) is 0 Å². The van der Waals surface area contributed by atoms with Gasteiger partial charge in [0.2, 0.25) is 0 Å². The Bertz CT molecular complexity index is 449. The first-order chi connectivity index (χ1) is 7.08. The number of fused-ring (bicyclic) bond motifs is 1. The average molecular weight is 206 g/mol. The molecular formula is C12H11FO2. The molecule has 1 unspecified atom stereocenters. The Balaban J connectivity index is 2.53. The first-order valence-electron chi connectivity index (χ1n) is 4.81. The van der Waals surface area contributed by atoms with E-state index in [9.17, 15) is 9.18 Å². The fourth-order valence-electron chi connectivity index (χ4n) is 2.07. The standard InChI is InChI=1S/C12H11FO2/c1-7-4-8(5-12(14)15)11-6-9(13)2-3-10(7)11/h2-3,5-7H,4H2,1H3,(H,14,15)/b8-5-. The van der Waals surface area contributed by atoms with Crippen LogP contribution in [-0.4, -0.2) is 11.1 Å². The van der Waals surface area contributed by atoms with Gasteiger partial charge in [0.15, 0.2) is 0 Å². The zero-order valence-corrected chi connectivity index (χ0v) is 8.33. The van der Waals surface area contributed by atoms with Gasteiger partial charge < -0.3 is 5.11 Å². The highest BCUT2D eigenvalue weighted by molar-refractivity contribution is 5.92. The number of aliphatic carboxylic acids is 1. The molecule has 0 heterocycles. The third-order valence-electron chi connectivity index (χ3n) is 2.72. The van der Waals surface area contributed by atoms with Crippen LogP contribution in [0.25, 0.3) is 5.57 Å². The summed E-state index contributed by atoms with van der Waals surface area (Å²) in [6.07, 6.45) is 1.84. The van der Waals surface area contributed by atoms with Crippen LogP contribution in [0.2, 0.25) is 0 Å². The molecule has 0 saturated heterocycles. The molecule has 0 spiro atoms. The number of allylic oxidation sites excluding steroid dienone is 1. The number of halogens is 1. The number of hydrogen-bond acceptors (Lipinski definition) is 1. The van der Waals surface area contributed by atoms with Gasteiger partial charge in [-0.1, -0.05) is 13.0 Å². The van der Waals surface area contributed by atoms with E-state index in [1.165, 1.54) is 18.2 Å². The number of hydrogen-bond donors (Lipinski definition) is 1. The third kappa shape index (κ3) is 1.77. The van der Waals surface area contributed by atoms with E-state index < -0.39 is 5.97 Å². The average Bonchev–Trinajstić information content (AvgIpc) is 2.42. The lowest BCUT2D eigenvalue weighted by Gasteiger charge is -2.02. The van der Waals surface area contributed by atoms with E-state index in [2.05, 4.69) is 0 Å². The molecule has 0 radical (unpaired) electrons. The molecule has 15 heavy (non-hydrogen) atoms. The molecule has 0 bridgehead atoms. The topological polar surface area (TPSA) is 37.3 Å². The number of rotatable bonds is 1. The first kappa shape index (κ1) is 9.90. The summed E-state index contributed by atoms with van der Waals surface area (Å²) in [5, 5.41) is 8.68. The Morgan fingerprint density at radius 1 is 1.60 bits per heavy atom. The van der Waals surface area contributed by atoms with Crippen molar-refractivity contribution in [3.05, 3.63) is 41.2 Å². The lowest BCUT2D eigenvalue weighted by molar-refractivity contribution is -0.131. The van der Waals surface area contributed by atoms with Crippen LogP contribution in [0.1, 0.15) is 30.4 Å². The number of carboxylic acid groups (broad SMARTS) is 1. The fourth-order valence-corrected chi connectivity index (χ4v) is 2.07. The summed E-state index contributed by atoms with van der Waals surface area (Å²) in [6.45, 7) is 2.01. The monoisotopic (exact) mass is 206 g/mol. The molecular weight excluding hydrogens is 195 g/mol. The molecule has 1 N–H and O–H groups in total. The first-order valence-corrected chi connectivity index (χ1v) is 4.81. The van der Waals surface area contributed by atoms with Crippen LogP contribution in [0.15, 0.2) is 24.3 Å². The smallest absolute Gasteiger partial charge is 0.328 e. The van der Waals surface area contributed by atoms with E-state index in [1.807, 2.05) is 6.92 Å². The predicted octanol–water partition coefficient (Wildman–Crippen LogP) is 2.80. The van der Waals surface area contributed by atoms with Gasteiger partial charge in [0.25, 0.3) is 0 Å². The molecule has 0 fully saturated rings. The molecule has 0 aromatic heterocycles. The molecule has 1 aromatic carbocycles. The fraction of sp³-hybridized carbons (Fsp3) is 0.250. The second-order valence-corrected chi connectivity index (χ2v) is 3.84. The van der Waals surface area contributed by atoms with Crippen molar-refractivity contribution < 1.29 is 14.3 Å². The molecule has 1 aliphatic carbocycles.